The Kier molecular flexibility index (Phi) is 4.55. The zero-order chi connectivity index (χ0) is 14.9. The Morgan fingerprint density at radius 3 is 2.40 bits per heavy atom. The monoisotopic (exact) mass is 404 g/mol. The fraction of sp³-hybridized carbons (Fsp3) is 0.0714. The molecule has 2 nitrogen and oxygen atoms in total. The first-order valence-electron chi connectivity index (χ1n) is 5.47. The van der Waals surface area contributed by atoms with Crippen molar-refractivity contribution in [3.63, 3.8) is 0 Å². The quantitative estimate of drug-likeness (QED) is 0.545. The van der Waals surface area contributed by atoms with Gasteiger partial charge in [-0.05, 0) is 46.3 Å². The van der Waals surface area contributed by atoms with Crippen molar-refractivity contribution in [1.29, 1.82) is 0 Å². The average molecular weight is 406 g/mol. The molecule has 0 amide bonds. The van der Waals surface area contributed by atoms with Crippen molar-refractivity contribution < 1.29 is 18.3 Å². The van der Waals surface area contributed by atoms with Crippen LogP contribution in [0.25, 0.3) is 0 Å². The van der Waals surface area contributed by atoms with Crippen LogP contribution in [0.2, 0.25) is 0 Å². The predicted molar refractivity (Wildman–Crippen MR) is 78.2 cm³/mol. The van der Waals surface area contributed by atoms with Gasteiger partial charge in [-0.3, -0.25) is 4.79 Å². The number of rotatable bonds is 3. The number of benzene rings is 2. The highest BCUT2D eigenvalue weighted by Crippen LogP contribution is 2.29. The number of hydrogen-bond acceptors (Lipinski definition) is 2. The van der Waals surface area contributed by atoms with Crippen molar-refractivity contribution >= 4 is 37.6 Å². The lowest BCUT2D eigenvalue weighted by Crippen LogP contribution is -2.09. The fourth-order valence-electron chi connectivity index (χ4n) is 1.68. The first kappa shape index (κ1) is 15.1. The van der Waals surface area contributed by atoms with Crippen molar-refractivity contribution in [2.45, 2.75) is 0 Å². The number of carbonyl (C=O) groups is 1. The van der Waals surface area contributed by atoms with Gasteiger partial charge in [0.2, 0.25) is 0 Å². The molecule has 6 heteroatoms. The van der Waals surface area contributed by atoms with Crippen LogP contribution < -0.4 is 4.74 Å². The molecule has 0 N–H and O–H groups in total. The summed E-state index contributed by atoms with van der Waals surface area (Å²) in [6.07, 6.45) is 0. The Morgan fingerprint density at radius 2 is 1.75 bits per heavy atom. The molecule has 104 valence electrons. The molecule has 2 aromatic rings. The summed E-state index contributed by atoms with van der Waals surface area (Å²) in [5.74, 6) is -2.17. The van der Waals surface area contributed by atoms with E-state index in [9.17, 15) is 13.6 Å². The molecule has 0 bridgehead atoms. The molecule has 0 fully saturated rings. The van der Waals surface area contributed by atoms with Gasteiger partial charge in [0.05, 0.1) is 17.1 Å². The summed E-state index contributed by atoms with van der Waals surface area (Å²) < 4.78 is 33.2. The lowest BCUT2D eigenvalue weighted by molar-refractivity contribution is 0.103. The lowest BCUT2D eigenvalue weighted by Gasteiger charge is -2.09. The number of hydrogen-bond donors (Lipinski definition) is 0. The number of methoxy groups -OCH3 is 1. The summed E-state index contributed by atoms with van der Waals surface area (Å²) in [5.41, 5.74) is -0.478. The normalized spacial score (nSPS) is 10.4. The molecule has 0 aliphatic carbocycles. The molecule has 0 saturated heterocycles. The second-order valence-corrected chi connectivity index (χ2v) is 5.60. The molecule has 0 unspecified atom stereocenters. The van der Waals surface area contributed by atoms with Gasteiger partial charge in [-0.1, -0.05) is 15.9 Å². The number of halogens is 4. The standard InChI is InChI=1S/C14H8Br2F2O2/c1-20-7-2-3-9(15)8(6-7)14(19)12-11(17)5-4-10(16)13(12)18/h2-6H,1H3. The Morgan fingerprint density at radius 1 is 1.10 bits per heavy atom. The van der Waals surface area contributed by atoms with E-state index < -0.39 is 23.0 Å². The van der Waals surface area contributed by atoms with Crippen LogP contribution >= 0.6 is 31.9 Å². The minimum Gasteiger partial charge on any atom is -0.497 e. The van der Waals surface area contributed by atoms with Gasteiger partial charge in [0.1, 0.15) is 11.6 Å². The Bertz CT molecular complexity index is 687. The maximum absolute atomic E-state index is 14.0. The van der Waals surface area contributed by atoms with E-state index in [0.29, 0.717) is 10.2 Å². The smallest absolute Gasteiger partial charge is 0.200 e. The molecule has 2 rings (SSSR count). The summed E-state index contributed by atoms with van der Waals surface area (Å²) in [4.78, 5) is 12.3. The van der Waals surface area contributed by atoms with E-state index in [-0.39, 0.29) is 10.0 Å². The van der Waals surface area contributed by atoms with Crippen molar-refractivity contribution in [2.24, 2.45) is 0 Å². The van der Waals surface area contributed by atoms with E-state index in [1.54, 1.807) is 12.1 Å². The summed E-state index contributed by atoms with van der Waals surface area (Å²) >= 11 is 6.13. The van der Waals surface area contributed by atoms with Gasteiger partial charge in [0.15, 0.2) is 11.6 Å². The molecule has 0 spiro atoms. The Hall–Kier alpha value is -1.27. The molecule has 0 radical (unpaired) electrons. The van der Waals surface area contributed by atoms with Crippen LogP contribution in [0.15, 0.2) is 39.3 Å². The van der Waals surface area contributed by atoms with Gasteiger partial charge in [-0.15, -0.1) is 0 Å². The maximum Gasteiger partial charge on any atom is 0.200 e. The van der Waals surface area contributed by atoms with Crippen molar-refractivity contribution in [3.8, 4) is 5.75 Å². The summed E-state index contributed by atoms with van der Waals surface area (Å²) in [7, 11) is 1.44. The zero-order valence-electron chi connectivity index (χ0n) is 10.2. The van der Waals surface area contributed by atoms with Crippen LogP contribution in [-0.4, -0.2) is 12.9 Å². The van der Waals surface area contributed by atoms with E-state index in [1.165, 1.54) is 19.2 Å². The van der Waals surface area contributed by atoms with Crippen LogP contribution in [0.1, 0.15) is 15.9 Å². The second kappa shape index (κ2) is 6.01. The Labute approximate surface area is 131 Å². The van der Waals surface area contributed by atoms with Crippen LogP contribution in [0.5, 0.6) is 5.75 Å². The number of ketones is 1. The highest BCUT2D eigenvalue weighted by molar-refractivity contribution is 9.10. The van der Waals surface area contributed by atoms with E-state index in [0.717, 1.165) is 6.07 Å². The highest BCUT2D eigenvalue weighted by atomic mass is 79.9. The van der Waals surface area contributed by atoms with Crippen LogP contribution in [-0.2, 0) is 0 Å². The van der Waals surface area contributed by atoms with Gasteiger partial charge in [0, 0.05) is 10.0 Å². The molecule has 20 heavy (non-hydrogen) atoms. The largest absolute Gasteiger partial charge is 0.497 e. The maximum atomic E-state index is 14.0. The molecule has 0 atom stereocenters. The predicted octanol–water partition coefficient (Wildman–Crippen LogP) is 4.73. The van der Waals surface area contributed by atoms with Gasteiger partial charge < -0.3 is 4.74 Å². The first-order valence-corrected chi connectivity index (χ1v) is 7.06. The minimum atomic E-state index is -0.926. The average Bonchev–Trinajstić information content (AvgIpc) is 2.43. The van der Waals surface area contributed by atoms with E-state index in [1.807, 2.05) is 0 Å². The first-order chi connectivity index (χ1) is 9.45. The fourth-order valence-corrected chi connectivity index (χ4v) is 2.43. The zero-order valence-corrected chi connectivity index (χ0v) is 13.4. The second-order valence-electron chi connectivity index (χ2n) is 3.89. The molecule has 0 aromatic heterocycles. The van der Waals surface area contributed by atoms with E-state index in [2.05, 4.69) is 31.9 Å². The lowest BCUT2D eigenvalue weighted by atomic mass is 10.0. The van der Waals surface area contributed by atoms with Gasteiger partial charge in [0.25, 0.3) is 0 Å². The number of carbonyl (C=O) groups excluding carboxylic acids is 1. The van der Waals surface area contributed by atoms with Gasteiger partial charge in [-0.2, -0.15) is 0 Å². The molecule has 0 aliphatic heterocycles. The molecular weight excluding hydrogens is 398 g/mol. The third kappa shape index (κ3) is 2.76. The molecule has 0 heterocycles. The van der Waals surface area contributed by atoms with Gasteiger partial charge in [-0.25, -0.2) is 8.78 Å². The number of ether oxygens (including phenoxy) is 1. The SMILES string of the molecule is COc1ccc(Br)c(C(=O)c2c(F)ccc(Br)c2F)c1. The minimum absolute atomic E-state index is 0.0290. The van der Waals surface area contributed by atoms with Crippen LogP contribution in [0.3, 0.4) is 0 Å². The van der Waals surface area contributed by atoms with E-state index in [4.69, 9.17) is 4.74 Å². The van der Waals surface area contributed by atoms with Crippen molar-refractivity contribution in [3.05, 3.63) is 62.0 Å². The Balaban J connectivity index is 2.60. The van der Waals surface area contributed by atoms with Crippen LogP contribution in [0, 0.1) is 11.6 Å². The topological polar surface area (TPSA) is 26.3 Å². The molecular formula is C14H8Br2F2O2. The third-order valence-electron chi connectivity index (χ3n) is 2.69. The highest BCUT2D eigenvalue weighted by Gasteiger charge is 2.23. The summed E-state index contributed by atoms with van der Waals surface area (Å²) in [6, 6.07) is 6.89. The summed E-state index contributed by atoms with van der Waals surface area (Å²) in [6.45, 7) is 0. The molecule has 2 aromatic carbocycles. The van der Waals surface area contributed by atoms with Crippen molar-refractivity contribution in [1.82, 2.24) is 0 Å². The van der Waals surface area contributed by atoms with Crippen molar-refractivity contribution in [2.75, 3.05) is 7.11 Å². The van der Waals surface area contributed by atoms with E-state index >= 15 is 0 Å². The van der Waals surface area contributed by atoms with Crippen LogP contribution in [0.4, 0.5) is 8.78 Å². The summed E-state index contributed by atoms with van der Waals surface area (Å²) in [5, 5.41) is 0. The van der Waals surface area contributed by atoms with Gasteiger partial charge >= 0.3 is 0 Å². The molecule has 0 aliphatic rings. The molecule has 0 saturated carbocycles. The third-order valence-corrected chi connectivity index (χ3v) is 3.99.